The number of pyridine rings is 1. The van der Waals surface area contributed by atoms with E-state index in [2.05, 4.69) is 17.2 Å². The van der Waals surface area contributed by atoms with Crippen LogP contribution in [-0.2, 0) is 4.74 Å². The number of nitro groups is 1. The maximum Gasteiger partial charge on any atom is 0.338 e. The molecule has 0 amide bonds. The van der Waals surface area contributed by atoms with Gasteiger partial charge in [-0.05, 0) is 29.7 Å². The zero-order valence-corrected chi connectivity index (χ0v) is 17.9. The average molecular weight is 442 g/mol. The van der Waals surface area contributed by atoms with Crippen LogP contribution >= 0.6 is 0 Å². The van der Waals surface area contributed by atoms with Crippen molar-refractivity contribution in [2.24, 2.45) is 0 Å². The second-order valence-corrected chi connectivity index (χ2v) is 8.03. The number of anilines is 1. The molecule has 166 valence electrons. The highest BCUT2D eigenvalue weighted by atomic mass is 16.6. The molecule has 1 aliphatic heterocycles. The van der Waals surface area contributed by atoms with Crippen LogP contribution < -0.4 is 5.32 Å². The Morgan fingerprint density at radius 1 is 1.15 bits per heavy atom. The van der Waals surface area contributed by atoms with Gasteiger partial charge in [-0.1, -0.05) is 43.3 Å². The van der Waals surface area contributed by atoms with Crippen molar-refractivity contribution in [2.45, 2.75) is 31.4 Å². The summed E-state index contributed by atoms with van der Waals surface area (Å²) in [5.74, 6) is -0.675. The molecule has 0 saturated heterocycles. The molecule has 0 spiro atoms. The number of hydrogen-bond acceptors (Lipinski definition) is 6. The Kier molecular flexibility index (Phi) is 5.26. The molecule has 1 N–H and O–H groups in total. The lowest BCUT2D eigenvalue weighted by Gasteiger charge is -2.40. The van der Waals surface area contributed by atoms with Gasteiger partial charge in [0.05, 0.1) is 22.2 Å². The Morgan fingerprint density at radius 2 is 1.97 bits per heavy atom. The molecule has 3 heterocycles. The number of fused-ring (bicyclic) bond motifs is 3. The van der Waals surface area contributed by atoms with Gasteiger partial charge < -0.3 is 14.5 Å². The van der Waals surface area contributed by atoms with Gasteiger partial charge in [0, 0.05) is 36.6 Å². The molecule has 2 aromatic heterocycles. The van der Waals surface area contributed by atoms with Crippen LogP contribution in [0.3, 0.4) is 0 Å². The fourth-order valence-electron chi connectivity index (χ4n) is 4.58. The van der Waals surface area contributed by atoms with E-state index < -0.39 is 17.0 Å². The van der Waals surface area contributed by atoms with Crippen LogP contribution in [0.2, 0.25) is 0 Å². The first kappa shape index (κ1) is 20.7. The maximum atomic E-state index is 13.1. The number of nitrogens with zero attached hydrogens (tertiary/aromatic N) is 3. The largest absolute Gasteiger partial charge is 0.456 e. The fourth-order valence-corrected chi connectivity index (χ4v) is 4.58. The average Bonchev–Trinajstić information content (AvgIpc) is 3.33. The molecule has 8 nitrogen and oxygen atoms in total. The van der Waals surface area contributed by atoms with Gasteiger partial charge in [-0.25, -0.2) is 9.78 Å². The molecule has 2 aromatic carbocycles. The van der Waals surface area contributed by atoms with Crippen LogP contribution in [0.4, 0.5) is 11.4 Å². The van der Waals surface area contributed by atoms with Crippen LogP contribution in [0.5, 0.6) is 0 Å². The summed E-state index contributed by atoms with van der Waals surface area (Å²) in [5.41, 5.74) is 3.75. The molecule has 8 heteroatoms. The third-order valence-electron chi connectivity index (χ3n) is 6.15. The first-order valence-corrected chi connectivity index (χ1v) is 10.8. The van der Waals surface area contributed by atoms with Gasteiger partial charge >= 0.3 is 5.97 Å². The van der Waals surface area contributed by atoms with Crippen molar-refractivity contribution in [1.29, 1.82) is 0 Å². The van der Waals surface area contributed by atoms with Crippen LogP contribution in [0.15, 0.2) is 79.3 Å². The first-order chi connectivity index (χ1) is 16.1. The minimum atomic E-state index is -0.588. The number of hydrogen-bond donors (Lipinski definition) is 1. The number of ether oxygens (including phenoxy) is 1. The van der Waals surface area contributed by atoms with Crippen LogP contribution in [0, 0.1) is 10.1 Å². The number of non-ortho nitro benzene ring substituents is 1. The summed E-state index contributed by atoms with van der Waals surface area (Å²) in [5, 5.41) is 14.7. The molecule has 1 aliphatic rings. The summed E-state index contributed by atoms with van der Waals surface area (Å²) in [6.45, 7) is 2.06. The highest BCUT2D eigenvalue weighted by molar-refractivity contribution is 5.90. The third kappa shape index (κ3) is 3.69. The smallest absolute Gasteiger partial charge is 0.338 e. The number of rotatable bonds is 5. The number of nitro benzene ring substituents is 1. The van der Waals surface area contributed by atoms with E-state index in [-0.39, 0.29) is 23.2 Å². The zero-order valence-electron chi connectivity index (χ0n) is 17.9. The molecule has 33 heavy (non-hydrogen) atoms. The molecule has 0 bridgehead atoms. The molecular weight excluding hydrogens is 420 g/mol. The van der Waals surface area contributed by atoms with Crippen molar-refractivity contribution in [3.8, 4) is 0 Å². The van der Waals surface area contributed by atoms with E-state index in [1.807, 2.05) is 53.2 Å². The topological polar surface area (TPSA) is 98.8 Å². The Hall–Kier alpha value is -4.20. The highest BCUT2D eigenvalue weighted by Crippen LogP contribution is 2.45. The predicted molar refractivity (Wildman–Crippen MR) is 123 cm³/mol. The number of imidazole rings is 1. The number of benzene rings is 2. The van der Waals surface area contributed by atoms with Crippen molar-refractivity contribution in [1.82, 2.24) is 9.38 Å². The van der Waals surface area contributed by atoms with Crippen molar-refractivity contribution in [3.63, 3.8) is 0 Å². The second kappa shape index (κ2) is 8.38. The Labute approximate surface area is 190 Å². The minimum absolute atomic E-state index is 0.0872. The normalized spacial score (nSPS) is 19.5. The molecule has 5 rings (SSSR count). The SMILES string of the molecule is CC[C@@H]1c2ccn3ccnc3c2NC(c2ccccc2)C1OC(=O)c1cccc([N+](=O)[O-])c1. The molecular formula is C25H22N4O4. The zero-order chi connectivity index (χ0) is 22.9. The number of nitrogens with one attached hydrogen (secondary N) is 1. The fraction of sp³-hybridized carbons (Fsp3) is 0.200. The predicted octanol–water partition coefficient (Wildman–Crippen LogP) is 5.13. The monoisotopic (exact) mass is 442 g/mol. The number of carbonyl (C=O) groups is 1. The number of esters is 1. The number of aromatic nitrogens is 2. The Morgan fingerprint density at radius 3 is 2.73 bits per heavy atom. The molecule has 0 radical (unpaired) electrons. The van der Waals surface area contributed by atoms with Gasteiger partial charge in [-0.15, -0.1) is 0 Å². The van der Waals surface area contributed by atoms with E-state index in [0.29, 0.717) is 0 Å². The van der Waals surface area contributed by atoms with E-state index in [1.165, 1.54) is 24.3 Å². The van der Waals surface area contributed by atoms with E-state index >= 15 is 0 Å². The van der Waals surface area contributed by atoms with Crippen molar-refractivity contribution < 1.29 is 14.5 Å². The van der Waals surface area contributed by atoms with Crippen LogP contribution in [0.25, 0.3) is 5.65 Å². The maximum absolute atomic E-state index is 13.1. The van der Waals surface area contributed by atoms with Gasteiger partial charge in [-0.2, -0.15) is 0 Å². The molecule has 0 fully saturated rings. The lowest BCUT2D eigenvalue weighted by Crippen LogP contribution is -2.39. The summed E-state index contributed by atoms with van der Waals surface area (Å²) in [4.78, 5) is 28.3. The summed E-state index contributed by atoms with van der Waals surface area (Å²) >= 11 is 0. The Bertz CT molecular complexity index is 1330. The minimum Gasteiger partial charge on any atom is -0.456 e. The van der Waals surface area contributed by atoms with Gasteiger partial charge in [-0.3, -0.25) is 10.1 Å². The lowest BCUT2D eigenvalue weighted by molar-refractivity contribution is -0.384. The van der Waals surface area contributed by atoms with Gasteiger partial charge in [0.2, 0.25) is 0 Å². The summed E-state index contributed by atoms with van der Waals surface area (Å²) in [6.07, 6.45) is 5.82. The first-order valence-electron chi connectivity index (χ1n) is 10.8. The van der Waals surface area contributed by atoms with E-state index in [1.54, 1.807) is 6.20 Å². The van der Waals surface area contributed by atoms with Crippen molar-refractivity contribution in [3.05, 3.63) is 106 Å². The van der Waals surface area contributed by atoms with Gasteiger partial charge in [0.25, 0.3) is 5.69 Å². The van der Waals surface area contributed by atoms with E-state index in [0.717, 1.165) is 28.9 Å². The van der Waals surface area contributed by atoms with Gasteiger partial charge in [0.1, 0.15) is 6.10 Å². The summed E-state index contributed by atoms with van der Waals surface area (Å²) in [6, 6.07) is 17.2. The summed E-state index contributed by atoms with van der Waals surface area (Å²) < 4.78 is 8.04. The van der Waals surface area contributed by atoms with Crippen LogP contribution in [0.1, 0.15) is 46.8 Å². The molecule has 3 atom stereocenters. The van der Waals surface area contributed by atoms with E-state index in [4.69, 9.17) is 4.74 Å². The summed E-state index contributed by atoms with van der Waals surface area (Å²) in [7, 11) is 0. The Balaban J connectivity index is 1.57. The highest BCUT2D eigenvalue weighted by Gasteiger charge is 2.40. The van der Waals surface area contributed by atoms with Crippen LogP contribution in [-0.4, -0.2) is 26.4 Å². The molecule has 0 saturated carbocycles. The number of carbonyl (C=O) groups excluding carboxylic acids is 1. The molecule has 0 aliphatic carbocycles. The molecule has 4 aromatic rings. The standard InChI is InChI=1S/C25H22N4O4/c1-2-19-20-11-13-28-14-12-26-24(28)22(20)27-21(16-7-4-3-5-8-16)23(19)33-25(30)17-9-6-10-18(15-17)29(31)32/h3-15,19,21,23,27H,2H2,1H3/t19-,21?,23?/m1/s1. The van der Waals surface area contributed by atoms with E-state index in [9.17, 15) is 14.9 Å². The molecule has 2 unspecified atom stereocenters. The van der Waals surface area contributed by atoms with Crippen molar-refractivity contribution in [2.75, 3.05) is 5.32 Å². The van der Waals surface area contributed by atoms with Gasteiger partial charge in [0.15, 0.2) is 5.65 Å². The second-order valence-electron chi connectivity index (χ2n) is 8.03. The van der Waals surface area contributed by atoms with Crippen molar-refractivity contribution >= 4 is 23.0 Å². The lowest BCUT2D eigenvalue weighted by atomic mass is 9.80. The third-order valence-corrected chi connectivity index (χ3v) is 6.15. The quantitative estimate of drug-likeness (QED) is 0.261.